The largest absolute Gasteiger partial charge is 0.459 e. The molecule has 0 bridgehead atoms. The van der Waals surface area contributed by atoms with Crippen LogP contribution >= 0.6 is 0 Å². The Labute approximate surface area is 87.0 Å². The van der Waals surface area contributed by atoms with Crippen LogP contribution in [0.15, 0.2) is 0 Å². The van der Waals surface area contributed by atoms with Gasteiger partial charge in [-0.2, -0.15) is 0 Å². The molecule has 1 atom stereocenters. The molecule has 3 heteroatoms. The second-order valence-corrected chi connectivity index (χ2v) is 5.11. The van der Waals surface area contributed by atoms with Crippen molar-refractivity contribution in [2.75, 3.05) is 0 Å². The van der Waals surface area contributed by atoms with E-state index < -0.39 is 11.6 Å². The number of hydrogen-bond acceptors (Lipinski definition) is 3. The van der Waals surface area contributed by atoms with Crippen LogP contribution in [-0.4, -0.2) is 17.6 Å². The van der Waals surface area contributed by atoms with Gasteiger partial charge >= 0.3 is 5.97 Å². The molecule has 0 unspecified atom stereocenters. The number of ether oxygens (including phenoxy) is 1. The second-order valence-electron chi connectivity index (χ2n) is 5.11. The minimum Gasteiger partial charge on any atom is -0.459 e. The average molecular weight is 201 g/mol. The molecular formula is C11H23NO2. The zero-order valence-corrected chi connectivity index (χ0v) is 9.96. The van der Waals surface area contributed by atoms with Crippen molar-refractivity contribution >= 4 is 5.97 Å². The Kier molecular flexibility index (Phi) is 5.13. The van der Waals surface area contributed by atoms with Crippen LogP contribution < -0.4 is 5.73 Å². The van der Waals surface area contributed by atoms with Crippen molar-refractivity contribution in [3.05, 3.63) is 0 Å². The third kappa shape index (κ3) is 6.89. The fourth-order valence-electron chi connectivity index (χ4n) is 1.01. The number of hydrogen-bond donors (Lipinski definition) is 1. The van der Waals surface area contributed by atoms with Gasteiger partial charge in [-0.1, -0.05) is 13.8 Å². The summed E-state index contributed by atoms with van der Waals surface area (Å²) in [5, 5.41) is 0. The first-order valence-electron chi connectivity index (χ1n) is 5.21. The Morgan fingerprint density at radius 3 is 2.14 bits per heavy atom. The van der Waals surface area contributed by atoms with E-state index in [2.05, 4.69) is 13.8 Å². The summed E-state index contributed by atoms with van der Waals surface area (Å²) in [5.74, 6) is 0.279. The quantitative estimate of drug-likeness (QED) is 0.709. The molecule has 0 amide bonds. The van der Waals surface area contributed by atoms with Crippen LogP contribution in [-0.2, 0) is 9.53 Å². The van der Waals surface area contributed by atoms with Crippen LogP contribution in [0.25, 0.3) is 0 Å². The maximum Gasteiger partial charge on any atom is 0.323 e. The molecule has 14 heavy (non-hydrogen) atoms. The monoisotopic (exact) mass is 201 g/mol. The third-order valence-corrected chi connectivity index (χ3v) is 1.76. The van der Waals surface area contributed by atoms with Gasteiger partial charge in [0.1, 0.15) is 11.6 Å². The lowest BCUT2D eigenvalue weighted by Crippen LogP contribution is -2.37. The smallest absolute Gasteiger partial charge is 0.323 e. The van der Waals surface area contributed by atoms with Crippen molar-refractivity contribution in [3.63, 3.8) is 0 Å². The zero-order valence-electron chi connectivity index (χ0n) is 9.96. The number of esters is 1. The molecule has 0 aliphatic heterocycles. The average Bonchev–Trinajstić information content (AvgIpc) is 1.96. The third-order valence-electron chi connectivity index (χ3n) is 1.76. The molecule has 0 aliphatic carbocycles. The van der Waals surface area contributed by atoms with Crippen molar-refractivity contribution in [1.82, 2.24) is 0 Å². The lowest BCUT2D eigenvalue weighted by molar-refractivity contribution is -0.156. The molecule has 0 fully saturated rings. The second kappa shape index (κ2) is 5.35. The highest BCUT2D eigenvalue weighted by Gasteiger charge is 2.21. The Morgan fingerprint density at radius 1 is 1.29 bits per heavy atom. The van der Waals surface area contributed by atoms with Gasteiger partial charge in [0.2, 0.25) is 0 Å². The SMILES string of the molecule is CC(C)CC[C@@H](N)C(=O)OC(C)(C)C. The summed E-state index contributed by atoms with van der Waals surface area (Å²) in [5.41, 5.74) is 5.26. The van der Waals surface area contributed by atoms with Gasteiger partial charge in [0.05, 0.1) is 0 Å². The maximum absolute atomic E-state index is 11.4. The van der Waals surface area contributed by atoms with Gasteiger partial charge in [0.15, 0.2) is 0 Å². The van der Waals surface area contributed by atoms with E-state index in [9.17, 15) is 4.79 Å². The van der Waals surface area contributed by atoms with E-state index in [1.807, 2.05) is 20.8 Å². The summed E-state index contributed by atoms with van der Waals surface area (Å²) in [6.45, 7) is 9.77. The van der Waals surface area contributed by atoms with Gasteiger partial charge in [-0.3, -0.25) is 4.79 Å². The first-order chi connectivity index (χ1) is 6.22. The van der Waals surface area contributed by atoms with E-state index in [1.54, 1.807) is 0 Å². The highest BCUT2D eigenvalue weighted by Crippen LogP contribution is 2.11. The van der Waals surface area contributed by atoms with E-state index in [0.717, 1.165) is 6.42 Å². The molecule has 0 heterocycles. The molecule has 3 nitrogen and oxygen atoms in total. The van der Waals surface area contributed by atoms with Crippen LogP contribution in [0, 0.1) is 5.92 Å². The minimum atomic E-state index is -0.475. The molecule has 0 aromatic heterocycles. The van der Waals surface area contributed by atoms with Gasteiger partial charge in [-0.25, -0.2) is 0 Å². The number of rotatable bonds is 4. The summed E-state index contributed by atoms with van der Waals surface area (Å²) < 4.78 is 5.17. The van der Waals surface area contributed by atoms with E-state index >= 15 is 0 Å². The van der Waals surface area contributed by atoms with E-state index in [-0.39, 0.29) is 5.97 Å². The summed E-state index contributed by atoms with van der Waals surface area (Å²) in [6.07, 6.45) is 1.66. The highest BCUT2D eigenvalue weighted by atomic mass is 16.6. The number of carbonyl (C=O) groups excluding carboxylic acids is 1. The summed E-state index contributed by atoms with van der Waals surface area (Å²) in [7, 11) is 0. The van der Waals surface area contributed by atoms with E-state index in [4.69, 9.17) is 10.5 Å². The van der Waals surface area contributed by atoms with Gasteiger partial charge in [-0.05, 0) is 39.5 Å². The fourth-order valence-corrected chi connectivity index (χ4v) is 1.01. The first kappa shape index (κ1) is 13.4. The number of nitrogens with two attached hydrogens (primary N) is 1. The predicted molar refractivity (Wildman–Crippen MR) is 57.9 cm³/mol. The molecule has 0 aromatic rings. The van der Waals surface area contributed by atoms with E-state index in [0.29, 0.717) is 12.3 Å². The van der Waals surface area contributed by atoms with Crippen LogP contribution in [0.3, 0.4) is 0 Å². The molecule has 0 aromatic carbocycles. The van der Waals surface area contributed by atoms with Gasteiger partial charge in [0, 0.05) is 0 Å². The lowest BCUT2D eigenvalue weighted by Gasteiger charge is -2.22. The number of carbonyl (C=O) groups is 1. The van der Waals surface area contributed by atoms with Crippen LogP contribution in [0.2, 0.25) is 0 Å². The summed E-state index contributed by atoms with van der Waals surface area (Å²) in [6, 6.07) is -0.475. The first-order valence-corrected chi connectivity index (χ1v) is 5.21. The van der Waals surface area contributed by atoms with Crippen LogP contribution in [0.5, 0.6) is 0 Å². The standard InChI is InChI=1S/C11H23NO2/c1-8(2)6-7-9(12)10(13)14-11(3,4)5/h8-9H,6-7,12H2,1-5H3/t9-/m1/s1. The zero-order chi connectivity index (χ0) is 11.4. The van der Waals surface area contributed by atoms with Gasteiger partial charge in [-0.15, -0.1) is 0 Å². The van der Waals surface area contributed by atoms with Crippen molar-refractivity contribution < 1.29 is 9.53 Å². The van der Waals surface area contributed by atoms with Gasteiger partial charge in [0.25, 0.3) is 0 Å². The highest BCUT2D eigenvalue weighted by molar-refractivity contribution is 5.75. The Hall–Kier alpha value is -0.570. The molecule has 0 saturated carbocycles. The van der Waals surface area contributed by atoms with Crippen molar-refractivity contribution in [3.8, 4) is 0 Å². The minimum absolute atomic E-state index is 0.293. The topological polar surface area (TPSA) is 52.3 Å². The predicted octanol–water partition coefficient (Wildman–Crippen LogP) is 2.09. The van der Waals surface area contributed by atoms with Crippen molar-refractivity contribution in [2.45, 2.75) is 59.1 Å². The van der Waals surface area contributed by atoms with Crippen molar-refractivity contribution in [1.29, 1.82) is 0 Å². The maximum atomic E-state index is 11.4. The molecular weight excluding hydrogens is 178 g/mol. The Balaban J connectivity index is 3.88. The molecule has 0 rings (SSSR count). The Morgan fingerprint density at radius 2 is 1.79 bits per heavy atom. The molecule has 2 N–H and O–H groups in total. The normalized spacial score (nSPS) is 14.2. The fraction of sp³-hybridized carbons (Fsp3) is 0.909. The van der Waals surface area contributed by atoms with Gasteiger partial charge < -0.3 is 10.5 Å². The van der Waals surface area contributed by atoms with Crippen LogP contribution in [0.4, 0.5) is 0 Å². The molecule has 0 spiro atoms. The molecule has 0 radical (unpaired) electrons. The van der Waals surface area contributed by atoms with Crippen LogP contribution in [0.1, 0.15) is 47.5 Å². The molecule has 0 saturated heterocycles. The van der Waals surface area contributed by atoms with Crippen molar-refractivity contribution in [2.24, 2.45) is 11.7 Å². The lowest BCUT2D eigenvalue weighted by atomic mass is 10.0. The summed E-state index contributed by atoms with van der Waals surface area (Å²) in [4.78, 5) is 11.4. The Bertz CT molecular complexity index is 182. The summed E-state index contributed by atoms with van der Waals surface area (Å²) >= 11 is 0. The molecule has 84 valence electrons. The van der Waals surface area contributed by atoms with E-state index in [1.165, 1.54) is 0 Å². The molecule has 0 aliphatic rings.